The standard InChI is InChI=1S/C26H26N2O5/c29-23-14-18(16-27(23)15-17-6-2-1-3-7-17)26(32)33-20-12-10-19(11-13-20)28-24(30)21-8-4-5-9-22(21)25(28)31/h1-3,6-7,10-13,18,21-22H,4-5,8-9,14-16H2/t18-,21-,22+/m0/s1. The van der Waals surface area contributed by atoms with Crippen LogP contribution in [0.15, 0.2) is 54.6 Å². The van der Waals surface area contributed by atoms with Crippen LogP contribution in [0, 0.1) is 17.8 Å². The Balaban J connectivity index is 1.21. The topological polar surface area (TPSA) is 84.0 Å². The number of hydrogen-bond donors (Lipinski definition) is 0. The summed E-state index contributed by atoms with van der Waals surface area (Å²) in [5.41, 5.74) is 1.52. The molecular weight excluding hydrogens is 420 g/mol. The molecule has 7 heteroatoms. The summed E-state index contributed by atoms with van der Waals surface area (Å²) in [5, 5.41) is 0. The molecule has 3 atom stereocenters. The lowest BCUT2D eigenvalue weighted by molar-refractivity contribution is -0.139. The van der Waals surface area contributed by atoms with Gasteiger partial charge in [-0.15, -0.1) is 0 Å². The van der Waals surface area contributed by atoms with Crippen LogP contribution in [-0.2, 0) is 25.7 Å². The first-order valence-corrected chi connectivity index (χ1v) is 11.5. The van der Waals surface area contributed by atoms with Gasteiger partial charge in [-0.05, 0) is 42.7 Å². The van der Waals surface area contributed by atoms with Gasteiger partial charge >= 0.3 is 5.97 Å². The monoisotopic (exact) mass is 446 g/mol. The SMILES string of the molecule is O=C(Oc1ccc(N2C(=O)[C@H]3CCCC[C@H]3C2=O)cc1)[C@H]1CC(=O)N(Cc2ccccc2)C1. The van der Waals surface area contributed by atoms with Crippen LogP contribution in [0.3, 0.4) is 0 Å². The van der Waals surface area contributed by atoms with Gasteiger partial charge in [0, 0.05) is 19.5 Å². The Morgan fingerprint density at radius 1 is 0.879 bits per heavy atom. The molecule has 1 saturated carbocycles. The van der Waals surface area contributed by atoms with Crippen molar-refractivity contribution in [2.45, 2.75) is 38.6 Å². The van der Waals surface area contributed by atoms with Gasteiger partial charge in [-0.2, -0.15) is 0 Å². The summed E-state index contributed by atoms with van der Waals surface area (Å²) in [6.07, 6.45) is 3.62. The van der Waals surface area contributed by atoms with Crippen molar-refractivity contribution in [1.29, 1.82) is 0 Å². The number of amides is 3. The predicted molar refractivity (Wildman–Crippen MR) is 120 cm³/mol. The zero-order valence-corrected chi connectivity index (χ0v) is 18.3. The number of carbonyl (C=O) groups is 4. The van der Waals surface area contributed by atoms with Crippen molar-refractivity contribution >= 4 is 29.4 Å². The summed E-state index contributed by atoms with van der Waals surface area (Å²) < 4.78 is 5.50. The lowest BCUT2D eigenvalue weighted by Crippen LogP contribution is -2.30. The molecule has 0 N–H and O–H groups in total. The van der Waals surface area contributed by atoms with E-state index in [0.717, 1.165) is 31.2 Å². The third kappa shape index (κ3) is 4.15. The summed E-state index contributed by atoms with van der Waals surface area (Å²) in [6.45, 7) is 0.794. The van der Waals surface area contributed by atoms with Crippen molar-refractivity contribution in [3.05, 3.63) is 60.2 Å². The summed E-state index contributed by atoms with van der Waals surface area (Å²) in [4.78, 5) is 53.5. The summed E-state index contributed by atoms with van der Waals surface area (Å²) >= 11 is 0. The van der Waals surface area contributed by atoms with Crippen molar-refractivity contribution in [2.75, 3.05) is 11.4 Å². The molecule has 170 valence electrons. The normalized spacial score (nSPS) is 24.8. The molecule has 3 fully saturated rings. The van der Waals surface area contributed by atoms with E-state index in [4.69, 9.17) is 4.74 Å². The predicted octanol–water partition coefficient (Wildman–Crippen LogP) is 3.32. The average molecular weight is 447 g/mol. The molecule has 33 heavy (non-hydrogen) atoms. The highest BCUT2D eigenvalue weighted by atomic mass is 16.5. The Kier molecular flexibility index (Phi) is 5.70. The summed E-state index contributed by atoms with van der Waals surface area (Å²) in [5.74, 6) is -1.38. The third-order valence-electron chi connectivity index (χ3n) is 6.92. The van der Waals surface area contributed by atoms with E-state index in [0.29, 0.717) is 24.5 Å². The van der Waals surface area contributed by atoms with Crippen LogP contribution < -0.4 is 9.64 Å². The number of hydrogen-bond acceptors (Lipinski definition) is 5. The number of carbonyl (C=O) groups excluding carboxylic acids is 4. The van der Waals surface area contributed by atoms with Crippen molar-refractivity contribution in [3.8, 4) is 5.75 Å². The lowest BCUT2D eigenvalue weighted by atomic mass is 9.81. The Labute approximate surface area is 192 Å². The Hall–Kier alpha value is -3.48. The van der Waals surface area contributed by atoms with E-state index in [1.165, 1.54) is 4.90 Å². The van der Waals surface area contributed by atoms with E-state index in [1.807, 2.05) is 30.3 Å². The molecule has 0 spiro atoms. The van der Waals surface area contributed by atoms with Crippen LogP contribution >= 0.6 is 0 Å². The van der Waals surface area contributed by atoms with E-state index in [1.54, 1.807) is 29.2 Å². The molecule has 3 aliphatic rings. The van der Waals surface area contributed by atoms with Crippen LogP contribution in [-0.4, -0.2) is 35.1 Å². The summed E-state index contributed by atoms with van der Waals surface area (Å²) in [7, 11) is 0. The van der Waals surface area contributed by atoms with E-state index < -0.39 is 11.9 Å². The molecule has 1 aliphatic carbocycles. The first kappa shape index (κ1) is 21.4. The van der Waals surface area contributed by atoms with Gasteiger partial charge in [0.2, 0.25) is 17.7 Å². The molecule has 7 nitrogen and oxygen atoms in total. The van der Waals surface area contributed by atoms with E-state index in [2.05, 4.69) is 0 Å². The van der Waals surface area contributed by atoms with Gasteiger partial charge in [0.15, 0.2) is 0 Å². The fraction of sp³-hybridized carbons (Fsp3) is 0.385. The second-order valence-corrected chi connectivity index (χ2v) is 9.09. The van der Waals surface area contributed by atoms with Crippen LogP contribution in [0.25, 0.3) is 0 Å². The molecule has 3 amide bonds. The highest BCUT2D eigenvalue weighted by Crippen LogP contribution is 2.40. The number of likely N-dealkylation sites (tertiary alicyclic amines) is 1. The number of anilines is 1. The Bertz CT molecular complexity index is 1060. The van der Waals surface area contributed by atoms with E-state index in [9.17, 15) is 19.2 Å². The molecule has 0 aromatic heterocycles. The van der Waals surface area contributed by atoms with Crippen LogP contribution in [0.1, 0.15) is 37.7 Å². The Morgan fingerprint density at radius 3 is 2.15 bits per heavy atom. The fourth-order valence-corrected chi connectivity index (χ4v) is 5.17. The van der Waals surface area contributed by atoms with Crippen molar-refractivity contribution < 1.29 is 23.9 Å². The minimum Gasteiger partial charge on any atom is -0.426 e. The maximum atomic E-state index is 12.8. The molecule has 0 radical (unpaired) electrons. The zero-order valence-electron chi connectivity index (χ0n) is 18.3. The molecule has 5 rings (SSSR count). The number of rotatable bonds is 5. The highest BCUT2D eigenvalue weighted by Gasteiger charge is 2.48. The second-order valence-electron chi connectivity index (χ2n) is 9.09. The molecule has 0 bridgehead atoms. The van der Waals surface area contributed by atoms with Crippen molar-refractivity contribution in [1.82, 2.24) is 4.90 Å². The first-order chi connectivity index (χ1) is 16.0. The van der Waals surface area contributed by atoms with Crippen LogP contribution in [0.4, 0.5) is 5.69 Å². The quantitative estimate of drug-likeness (QED) is 0.400. The Morgan fingerprint density at radius 2 is 1.52 bits per heavy atom. The summed E-state index contributed by atoms with van der Waals surface area (Å²) in [6, 6.07) is 16.1. The molecule has 2 heterocycles. The second kappa shape index (κ2) is 8.81. The minimum atomic E-state index is -0.522. The highest BCUT2D eigenvalue weighted by molar-refractivity contribution is 6.22. The van der Waals surface area contributed by atoms with E-state index >= 15 is 0 Å². The van der Waals surface area contributed by atoms with Crippen LogP contribution in [0.2, 0.25) is 0 Å². The van der Waals surface area contributed by atoms with E-state index in [-0.39, 0.29) is 36.0 Å². The largest absolute Gasteiger partial charge is 0.426 e. The van der Waals surface area contributed by atoms with Gasteiger partial charge in [-0.25, -0.2) is 0 Å². The average Bonchev–Trinajstić information content (AvgIpc) is 3.32. The van der Waals surface area contributed by atoms with Gasteiger partial charge in [0.1, 0.15) is 5.75 Å². The van der Waals surface area contributed by atoms with Gasteiger partial charge in [0.05, 0.1) is 23.4 Å². The number of esters is 1. The van der Waals surface area contributed by atoms with Crippen LogP contribution in [0.5, 0.6) is 5.75 Å². The van der Waals surface area contributed by atoms with Gasteiger partial charge in [0.25, 0.3) is 0 Å². The smallest absolute Gasteiger partial charge is 0.316 e. The molecular formula is C26H26N2O5. The molecule has 2 aromatic carbocycles. The zero-order chi connectivity index (χ0) is 22.9. The molecule has 2 aliphatic heterocycles. The minimum absolute atomic E-state index is 0.0660. The fourth-order valence-electron chi connectivity index (χ4n) is 5.17. The number of fused-ring (bicyclic) bond motifs is 1. The molecule has 0 unspecified atom stereocenters. The first-order valence-electron chi connectivity index (χ1n) is 11.5. The lowest BCUT2D eigenvalue weighted by Gasteiger charge is -2.19. The third-order valence-corrected chi connectivity index (χ3v) is 6.92. The number of imide groups is 1. The van der Waals surface area contributed by atoms with Gasteiger partial charge < -0.3 is 9.64 Å². The van der Waals surface area contributed by atoms with Gasteiger partial charge in [-0.3, -0.25) is 24.1 Å². The molecule has 2 saturated heterocycles. The number of nitrogens with zero attached hydrogens (tertiary/aromatic N) is 2. The number of benzene rings is 2. The van der Waals surface area contributed by atoms with Crippen molar-refractivity contribution in [3.63, 3.8) is 0 Å². The maximum Gasteiger partial charge on any atom is 0.316 e. The van der Waals surface area contributed by atoms with Crippen molar-refractivity contribution in [2.24, 2.45) is 17.8 Å². The number of ether oxygens (including phenoxy) is 1. The maximum absolute atomic E-state index is 12.8. The van der Waals surface area contributed by atoms with Gasteiger partial charge in [-0.1, -0.05) is 43.2 Å². The molecule has 2 aromatic rings.